The van der Waals surface area contributed by atoms with Crippen LogP contribution >= 0.6 is 11.8 Å². The molecule has 0 saturated heterocycles. The molecule has 3 heterocycles. The van der Waals surface area contributed by atoms with Crippen LogP contribution in [0.5, 0.6) is 0 Å². The summed E-state index contributed by atoms with van der Waals surface area (Å²) in [5.74, 6) is -0.0405. The molecule has 1 aliphatic rings. The van der Waals surface area contributed by atoms with Crippen molar-refractivity contribution in [1.82, 2.24) is 14.8 Å². The number of rotatable bonds is 3. The maximum atomic E-state index is 11.1. The van der Waals surface area contributed by atoms with Crippen LogP contribution in [0.4, 0.5) is 5.95 Å². The first-order valence-electron chi connectivity index (χ1n) is 5.45. The minimum absolute atomic E-state index is 0.0638. The molecule has 98 valence electrons. The van der Waals surface area contributed by atoms with Gasteiger partial charge in [-0.15, -0.1) is 5.10 Å². The van der Waals surface area contributed by atoms with E-state index in [9.17, 15) is 4.79 Å². The molecule has 2 N–H and O–H groups in total. The zero-order valence-corrected chi connectivity index (χ0v) is 10.7. The summed E-state index contributed by atoms with van der Waals surface area (Å²) in [5, 5.41) is 16.7. The molecular formula is C11H10N4O3S. The van der Waals surface area contributed by atoms with E-state index in [1.54, 1.807) is 22.9 Å². The predicted octanol–water partition coefficient (Wildman–Crippen LogP) is 1.58. The number of carboxylic acid groups (broad SMARTS) is 1. The average molecular weight is 278 g/mol. The zero-order valence-electron chi connectivity index (χ0n) is 9.90. The average Bonchev–Trinajstić information content (AvgIpc) is 3.05. The molecule has 0 unspecified atom stereocenters. The Morgan fingerprint density at radius 1 is 1.63 bits per heavy atom. The summed E-state index contributed by atoms with van der Waals surface area (Å²) in [6.07, 6.45) is 4.94. The molecule has 0 aromatic carbocycles. The Bertz CT molecular complexity index is 647. The van der Waals surface area contributed by atoms with Crippen molar-refractivity contribution in [2.45, 2.75) is 11.2 Å². The summed E-state index contributed by atoms with van der Waals surface area (Å²) in [4.78, 5) is 15.4. The number of thioether (sulfide) groups is 1. The Balaban J connectivity index is 2.10. The summed E-state index contributed by atoms with van der Waals surface area (Å²) in [6.45, 7) is 0. The van der Waals surface area contributed by atoms with Crippen LogP contribution in [-0.2, 0) is 4.79 Å². The van der Waals surface area contributed by atoms with Gasteiger partial charge in [0.25, 0.3) is 0 Å². The van der Waals surface area contributed by atoms with E-state index in [1.807, 2.05) is 6.26 Å². The Morgan fingerprint density at radius 3 is 3.11 bits per heavy atom. The van der Waals surface area contributed by atoms with E-state index < -0.39 is 12.0 Å². The third kappa shape index (κ3) is 1.99. The lowest BCUT2D eigenvalue weighted by atomic mass is 10.1. The van der Waals surface area contributed by atoms with Crippen molar-refractivity contribution in [1.29, 1.82) is 0 Å². The fourth-order valence-electron chi connectivity index (χ4n) is 1.85. The molecule has 0 amide bonds. The molecule has 2 aromatic heterocycles. The third-order valence-electron chi connectivity index (χ3n) is 2.69. The second-order valence-electron chi connectivity index (χ2n) is 3.84. The first-order valence-corrected chi connectivity index (χ1v) is 6.67. The van der Waals surface area contributed by atoms with E-state index in [4.69, 9.17) is 9.52 Å². The van der Waals surface area contributed by atoms with Gasteiger partial charge in [-0.3, -0.25) is 0 Å². The molecule has 7 nitrogen and oxygen atoms in total. The largest absolute Gasteiger partial charge is 0.477 e. The van der Waals surface area contributed by atoms with Crippen molar-refractivity contribution in [2.24, 2.45) is 0 Å². The first-order chi connectivity index (χ1) is 9.19. The molecule has 8 heteroatoms. The summed E-state index contributed by atoms with van der Waals surface area (Å²) in [6, 6.07) is 3.11. The highest BCUT2D eigenvalue weighted by Crippen LogP contribution is 2.30. The molecule has 0 radical (unpaired) electrons. The van der Waals surface area contributed by atoms with Gasteiger partial charge in [0.2, 0.25) is 11.1 Å². The van der Waals surface area contributed by atoms with Crippen LogP contribution in [0, 0.1) is 0 Å². The molecule has 3 rings (SSSR count). The number of nitrogens with zero attached hydrogens (tertiary/aromatic N) is 3. The molecule has 0 saturated carbocycles. The molecule has 19 heavy (non-hydrogen) atoms. The predicted molar refractivity (Wildman–Crippen MR) is 68.0 cm³/mol. The molecule has 2 aromatic rings. The second kappa shape index (κ2) is 4.47. The first kappa shape index (κ1) is 11.8. The number of carbonyl (C=O) groups is 1. The number of aliphatic carboxylic acids is 1. The normalized spacial score (nSPS) is 17.5. The molecule has 0 fully saturated rings. The fraction of sp³-hybridized carbons (Fsp3) is 0.182. The van der Waals surface area contributed by atoms with E-state index in [2.05, 4.69) is 15.4 Å². The van der Waals surface area contributed by atoms with Gasteiger partial charge in [0.1, 0.15) is 17.5 Å². The molecule has 1 atom stereocenters. The number of nitrogens with one attached hydrogen (secondary N) is 1. The maximum Gasteiger partial charge on any atom is 0.352 e. The van der Waals surface area contributed by atoms with Crippen molar-refractivity contribution in [3.05, 3.63) is 35.9 Å². The topological polar surface area (TPSA) is 93.2 Å². The highest BCUT2D eigenvalue weighted by molar-refractivity contribution is 7.98. The summed E-state index contributed by atoms with van der Waals surface area (Å²) < 4.78 is 6.95. The van der Waals surface area contributed by atoms with Gasteiger partial charge >= 0.3 is 5.97 Å². The van der Waals surface area contributed by atoms with E-state index in [0.717, 1.165) is 0 Å². The minimum atomic E-state index is -1.04. The van der Waals surface area contributed by atoms with E-state index in [0.29, 0.717) is 16.9 Å². The number of hydrogen-bond acceptors (Lipinski definition) is 6. The number of allylic oxidation sites excluding steroid dienone is 1. The quantitative estimate of drug-likeness (QED) is 0.823. The Hall–Kier alpha value is -2.22. The number of anilines is 1. The van der Waals surface area contributed by atoms with Gasteiger partial charge in [0.15, 0.2) is 0 Å². The molecule has 0 aliphatic carbocycles. The van der Waals surface area contributed by atoms with Crippen LogP contribution in [-0.4, -0.2) is 32.1 Å². The SMILES string of the molecule is CSc1nc2n(n1)[C@@H](c1ccco1)C=C(C(=O)O)N2. The van der Waals surface area contributed by atoms with Crippen LogP contribution < -0.4 is 5.32 Å². The van der Waals surface area contributed by atoms with Crippen molar-refractivity contribution in [3.8, 4) is 0 Å². The van der Waals surface area contributed by atoms with Gasteiger partial charge in [-0.05, 0) is 24.5 Å². The van der Waals surface area contributed by atoms with Gasteiger partial charge in [0.05, 0.1) is 6.26 Å². The van der Waals surface area contributed by atoms with Crippen LogP contribution in [0.2, 0.25) is 0 Å². The highest BCUT2D eigenvalue weighted by Gasteiger charge is 2.28. The fourth-order valence-corrected chi connectivity index (χ4v) is 2.19. The van der Waals surface area contributed by atoms with Crippen molar-refractivity contribution in [3.63, 3.8) is 0 Å². The lowest BCUT2D eigenvalue weighted by Crippen LogP contribution is -2.24. The summed E-state index contributed by atoms with van der Waals surface area (Å²) >= 11 is 1.39. The second-order valence-corrected chi connectivity index (χ2v) is 4.61. The van der Waals surface area contributed by atoms with Crippen LogP contribution in [0.25, 0.3) is 0 Å². The standard InChI is InChI=1S/C11H10N4O3S/c1-19-11-13-10-12-6(9(16)17)5-7(15(10)14-11)8-3-2-4-18-8/h2-5,7H,1H3,(H,16,17)(H,12,13,14)/t7-/m1/s1. The monoisotopic (exact) mass is 278 g/mol. The minimum Gasteiger partial charge on any atom is -0.477 e. The lowest BCUT2D eigenvalue weighted by Gasteiger charge is -2.20. The number of aromatic nitrogens is 3. The number of furan rings is 1. The van der Waals surface area contributed by atoms with E-state index >= 15 is 0 Å². The van der Waals surface area contributed by atoms with Gasteiger partial charge in [-0.1, -0.05) is 11.8 Å². The van der Waals surface area contributed by atoms with Crippen LogP contribution in [0.3, 0.4) is 0 Å². The lowest BCUT2D eigenvalue weighted by molar-refractivity contribution is -0.132. The number of carboxylic acids is 1. The van der Waals surface area contributed by atoms with E-state index in [-0.39, 0.29) is 5.70 Å². The number of fused-ring (bicyclic) bond motifs is 1. The Kier molecular flexibility index (Phi) is 2.79. The Morgan fingerprint density at radius 2 is 2.47 bits per heavy atom. The zero-order chi connectivity index (χ0) is 13.4. The molecule has 1 aliphatic heterocycles. The van der Waals surface area contributed by atoms with Crippen molar-refractivity contribution >= 4 is 23.7 Å². The van der Waals surface area contributed by atoms with Crippen LogP contribution in [0.1, 0.15) is 11.8 Å². The Labute approximate surface area is 112 Å². The summed E-state index contributed by atoms with van der Waals surface area (Å²) in [7, 11) is 0. The van der Waals surface area contributed by atoms with Gasteiger partial charge in [-0.2, -0.15) is 4.98 Å². The van der Waals surface area contributed by atoms with Crippen molar-refractivity contribution < 1.29 is 14.3 Å². The highest BCUT2D eigenvalue weighted by atomic mass is 32.2. The molecule has 0 bridgehead atoms. The molecular weight excluding hydrogens is 268 g/mol. The van der Waals surface area contributed by atoms with Crippen molar-refractivity contribution in [2.75, 3.05) is 11.6 Å². The van der Waals surface area contributed by atoms with E-state index in [1.165, 1.54) is 18.0 Å². The number of hydrogen-bond donors (Lipinski definition) is 2. The van der Waals surface area contributed by atoms with Crippen LogP contribution in [0.15, 0.2) is 39.7 Å². The third-order valence-corrected chi connectivity index (χ3v) is 3.23. The smallest absolute Gasteiger partial charge is 0.352 e. The summed E-state index contributed by atoms with van der Waals surface area (Å²) in [5.41, 5.74) is 0.0638. The maximum absolute atomic E-state index is 11.1. The van der Waals surface area contributed by atoms with Gasteiger partial charge < -0.3 is 14.8 Å². The van der Waals surface area contributed by atoms with Gasteiger partial charge in [-0.25, -0.2) is 9.48 Å². The molecule has 0 spiro atoms. The van der Waals surface area contributed by atoms with Gasteiger partial charge in [0, 0.05) is 0 Å².